The van der Waals surface area contributed by atoms with Crippen LogP contribution in [0.3, 0.4) is 0 Å². The van der Waals surface area contributed by atoms with E-state index >= 15 is 0 Å². The molecule has 2 rings (SSSR count). The van der Waals surface area contributed by atoms with Gasteiger partial charge in [-0.25, -0.2) is 9.97 Å². The number of halogens is 1. The molecule has 1 atom stereocenters. The van der Waals surface area contributed by atoms with Crippen LogP contribution in [0.4, 0.5) is 0 Å². The minimum Gasteiger partial charge on any atom is -0.377 e. The van der Waals surface area contributed by atoms with Gasteiger partial charge in [-0.3, -0.25) is 0 Å². The van der Waals surface area contributed by atoms with Crippen LogP contribution in [0.1, 0.15) is 25.2 Å². The Morgan fingerprint density at radius 1 is 1.50 bits per heavy atom. The molecule has 2 heterocycles. The number of rotatable bonds is 5. The largest absolute Gasteiger partial charge is 0.377 e. The van der Waals surface area contributed by atoms with Gasteiger partial charge in [0.05, 0.1) is 18.5 Å². The average Bonchev–Trinajstić information content (AvgIpc) is 2.69. The quantitative estimate of drug-likeness (QED) is 0.782. The third-order valence-electron chi connectivity index (χ3n) is 2.93. The Balaban J connectivity index is 2.44. The van der Waals surface area contributed by atoms with E-state index in [4.69, 9.17) is 16.3 Å². The van der Waals surface area contributed by atoms with Gasteiger partial charge in [0.2, 0.25) is 0 Å². The minimum atomic E-state index is 0.122. The molecule has 0 bridgehead atoms. The molecule has 5 heteroatoms. The molecule has 0 spiro atoms. The van der Waals surface area contributed by atoms with Crippen molar-refractivity contribution in [2.75, 3.05) is 6.61 Å². The van der Waals surface area contributed by atoms with E-state index in [1.807, 2.05) is 26.8 Å². The number of fused-ring (bicyclic) bond motifs is 1. The zero-order chi connectivity index (χ0) is 13.1. The second-order valence-electron chi connectivity index (χ2n) is 4.34. The highest BCUT2D eigenvalue weighted by Gasteiger charge is 2.14. The fourth-order valence-corrected chi connectivity index (χ4v) is 2.28. The Morgan fingerprint density at radius 2 is 2.28 bits per heavy atom. The van der Waals surface area contributed by atoms with Gasteiger partial charge in [0.15, 0.2) is 5.65 Å². The number of hydrogen-bond donors (Lipinski definition) is 0. The van der Waals surface area contributed by atoms with Crippen LogP contribution >= 0.6 is 11.6 Å². The lowest BCUT2D eigenvalue weighted by atomic mass is 10.3. The predicted octanol–water partition coefficient (Wildman–Crippen LogP) is 2.90. The monoisotopic (exact) mass is 267 g/mol. The molecule has 98 valence electrons. The second kappa shape index (κ2) is 5.67. The van der Waals surface area contributed by atoms with E-state index in [9.17, 15) is 0 Å². The normalized spacial score (nSPS) is 13.1. The van der Waals surface area contributed by atoms with Crippen LogP contribution in [0.5, 0.6) is 0 Å². The fraction of sp³-hybridized carbons (Fsp3) is 0.538. The fourth-order valence-electron chi connectivity index (χ4n) is 2.07. The van der Waals surface area contributed by atoms with Gasteiger partial charge < -0.3 is 9.30 Å². The molecule has 2 aromatic heterocycles. The number of nitrogens with zero attached hydrogens (tertiary/aromatic N) is 3. The Labute approximate surface area is 112 Å². The van der Waals surface area contributed by atoms with Gasteiger partial charge in [0.1, 0.15) is 11.3 Å². The highest BCUT2D eigenvalue weighted by Crippen LogP contribution is 2.19. The van der Waals surface area contributed by atoms with E-state index in [2.05, 4.69) is 14.5 Å². The summed E-state index contributed by atoms with van der Waals surface area (Å²) in [4.78, 5) is 8.97. The van der Waals surface area contributed by atoms with Crippen molar-refractivity contribution < 1.29 is 4.74 Å². The average molecular weight is 268 g/mol. The van der Waals surface area contributed by atoms with Gasteiger partial charge in [-0.05, 0) is 32.4 Å². The molecule has 0 fully saturated rings. The predicted molar refractivity (Wildman–Crippen MR) is 72.9 cm³/mol. The summed E-state index contributed by atoms with van der Waals surface area (Å²) in [5, 5.41) is 0. The van der Waals surface area contributed by atoms with Crippen molar-refractivity contribution in [3.8, 4) is 0 Å². The second-order valence-corrected chi connectivity index (χ2v) is 4.61. The van der Waals surface area contributed by atoms with Gasteiger partial charge in [0.25, 0.3) is 0 Å². The molecule has 0 saturated heterocycles. The van der Waals surface area contributed by atoms with E-state index in [1.165, 1.54) is 0 Å². The van der Waals surface area contributed by atoms with Crippen LogP contribution in [0.2, 0.25) is 0 Å². The lowest BCUT2D eigenvalue weighted by Crippen LogP contribution is -2.18. The topological polar surface area (TPSA) is 39.9 Å². The van der Waals surface area contributed by atoms with Crippen molar-refractivity contribution in [1.29, 1.82) is 0 Å². The molecule has 18 heavy (non-hydrogen) atoms. The van der Waals surface area contributed by atoms with Crippen molar-refractivity contribution >= 4 is 22.8 Å². The molecule has 0 aliphatic rings. The molecule has 0 aromatic carbocycles. The number of imidazole rings is 1. The van der Waals surface area contributed by atoms with Crippen molar-refractivity contribution in [3.05, 3.63) is 23.7 Å². The van der Waals surface area contributed by atoms with E-state index in [0.29, 0.717) is 12.5 Å². The number of alkyl halides is 1. The third kappa shape index (κ3) is 2.49. The standard InChI is InChI=1S/C13H18ClN3O/c1-4-18-10(3)8-17-11(7-14)16-12-9(2)5-6-15-13(12)17/h5-6,10H,4,7-8H2,1-3H3. The molecule has 1 unspecified atom stereocenters. The molecule has 0 amide bonds. The lowest BCUT2D eigenvalue weighted by molar-refractivity contribution is 0.0642. The van der Waals surface area contributed by atoms with E-state index in [-0.39, 0.29) is 6.10 Å². The van der Waals surface area contributed by atoms with Crippen LogP contribution in [0.15, 0.2) is 12.3 Å². The first-order valence-corrected chi connectivity index (χ1v) is 6.69. The Kier molecular flexibility index (Phi) is 4.19. The van der Waals surface area contributed by atoms with Crippen molar-refractivity contribution in [1.82, 2.24) is 14.5 Å². The number of pyridine rings is 1. The zero-order valence-corrected chi connectivity index (χ0v) is 11.7. The Bertz CT molecular complexity index is 538. The maximum absolute atomic E-state index is 5.96. The number of hydrogen-bond acceptors (Lipinski definition) is 3. The van der Waals surface area contributed by atoms with Gasteiger partial charge in [-0.15, -0.1) is 11.6 Å². The van der Waals surface area contributed by atoms with Crippen LogP contribution < -0.4 is 0 Å². The van der Waals surface area contributed by atoms with E-state index in [0.717, 1.165) is 29.1 Å². The van der Waals surface area contributed by atoms with Crippen molar-refractivity contribution in [2.24, 2.45) is 0 Å². The van der Waals surface area contributed by atoms with Crippen LogP contribution in [-0.4, -0.2) is 27.2 Å². The number of ether oxygens (including phenoxy) is 1. The molecule has 0 aliphatic carbocycles. The molecular formula is C13H18ClN3O. The summed E-state index contributed by atoms with van der Waals surface area (Å²) in [6, 6.07) is 1.96. The zero-order valence-electron chi connectivity index (χ0n) is 11.0. The van der Waals surface area contributed by atoms with Gasteiger partial charge in [0, 0.05) is 12.8 Å². The van der Waals surface area contributed by atoms with E-state index in [1.54, 1.807) is 6.20 Å². The van der Waals surface area contributed by atoms with Crippen LogP contribution in [0.25, 0.3) is 11.2 Å². The number of aryl methyl sites for hydroxylation is 1. The first kappa shape index (κ1) is 13.3. The van der Waals surface area contributed by atoms with Crippen molar-refractivity contribution in [2.45, 2.75) is 39.3 Å². The molecule has 4 nitrogen and oxygen atoms in total. The molecule has 2 aromatic rings. The minimum absolute atomic E-state index is 0.122. The summed E-state index contributed by atoms with van der Waals surface area (Å²) in [6.45, 7) is 7.50. The Hall–Kier alpha value is -1.13. The van der Waals surface area contributed by atoms with Gasteiger partial charge in [-0.1, -0.05) is 0 Å². The van der Waals surface area contributed by atoms with Crippen LogP contribution in [-0.2, 0) is 17.2 Å². The van der Waals surface area contributed by atoms with Crippen LogP contribution in [0, 0.1) is 6.92 Å². The smallest absolute Gasteiger partial charge is 0.160 e. The maximum Gasteiger partial charge on any atom is 0.160 e. The van der Waals surface area contributed by atoms with Gasteiger partial charge >= 0.3 is 0 Å². The highest BCUT2D eigenvalue weighted by atomic mass is 35.5. The summed E-state index contributed by atoms with van der Waals surface area (Å²) in [5.74, 6) is 1.23. The first-order valence-electron chi connectivity index (χ1n) is 6.15. The van der Waals surface area contributed by atoms with E-state index < -0.39 is 0 Å². The molecule has 0 aliphatic heterocycles. The summed E-state index contributed by atoms with van der Waals surface area (Å²) in [7, 11) is 0. The summed E-state index contributed by atoms with van der Waals surface area (Å²) < 4.78 is 7.63. The molecule has 0 radical (unpaired) electrons. The van der Waals surface area contributed by atoms with Crippen molar-refractivity contribution in [3.63, 3.8) is 0 Å². The summed E-state index contributed by atoms with van der Waals surface area (Å²) >= 11 is 5.96. The summed E-state index contributed by atoms with van der Waals surface area (Å²) in [5.41, 5.74) is 2.93. The first-order chi connectivity index (χ1) is 8.67. The van der Waals surface area contributed by atoms with Gasteiger partial charge in [-0.2, -0.15) is 0 Å². The molecule has 0 saturated carbocycles. The summed E-state index contributed by atoms with van der Waals surface area (Å²) in [6.07, 6.45) is 1.93. The SMILES string of the molecule is CCOC(C)Cn1c(CCl)nc2c(C)ccnc21. The molecular weight excluding hydrogens is 250 g/mol. The lowest BCUT2D eigenvalue weighted by Gasteiger charge is -2.14. The maximum atomic E-state index is 5.96. The third-order valence-corrected chi connectivity index (χ3v) is 3.16. The Morgan fingerprint density at radius 3 is 2.94 bits per heavy atom. The number of aromatic nitrogens is 3. The molecule has 0 N–H and O–H groups in total. The highest BCUT2D eigenvalue weighted by molar-refractivity contribution is 6.16.